The van der Waals surface area contributed by atoms with E-state index in [4.69, 9.17) is 13.1 Å². The molecular formula is C20H10N4. The van der Waals surface area contributed by atoms with Crippen LogP contribution in [0, 0.1) is 24.5 Å². The Labute approximate surface area is 139 Å². The van der Waals surface area contributed by atoms with E-state index < -0.39 is 0 Å². The Bertz CT molecular complexity index is 1030. The number of benzene rings is 2. The minimum absolute atomic E-state index is 0.172. The second kappa shape index (κ2) is 6.44. The number of nitriles is 1. The molecule has 3 aromatic rings. The van der Waals surface area contributed by atoms with Gasteiger partial charge >= 0.3 is 0 Å². The second-order valence-electron chi connectivity index (χ2n) is 5.02. The van der Waals surface area contributed by atoms with Crippen LogP contribution in [0.1, 0.15) is 5.56 Å². The van der Waals surface area contributed by atoms with Gasteiger partial charge in [-0.05, 0) is 34.9 Å². The van der Waals surface area contributed by atoms with Crippen molar-refractivity contribution >= 4 is 11.4 Å². The van der Waals surface area contributed by atoms with Crippen LogP contribution in [0.3, 0.4) is 0 Å². The molecule has 4 heteroatoms. The summed E-state index contributed by atoms with van der Waals surface area (Å²) >= 11 is 0. The zero-order valence-electron chi connectivity index (χ0n) is 12.6. The SMILES string of the molecule is [C-]#[N+]c1cc(C#N)cc(-c2cc(-c3ccccc3)ccn2)c1[N+]#[C-]. The quantitative estimate of drug-likeness (QED) is 0.596. The Hall–Kier alpha value is -3.94. The molecule has 1 aromatic heterocycles. The Morgan fingerprint density at radius 2 is 1.71 bits per heavy atom. The van der Waals surface area contributed by atoms with Gasteiger partial charge in [0, 0.05) is 11.8 Å². The topological polar surface area (TPSA) is 45.4 Å². The minimum atomic E-state index is 0.172. The fourth-order valence-corrected chi connectivity index (χ4v) is 2.47. The van der Waals surface area contributed by atoms with E-state index in [1.807, 2.05) is 48.5 Å². The number of hydrogen-bond acceptors (Lipinski definition) is 2. The molecule has 0 saturated carbocycles. The molecule has 110 valence electrons. The third kappa shape index (κ3) is 2.71. The van der Waals surface area contributed by atoms with Crippen molar-refractivity contribution in [2.75, 3.05) is 0 Å². The number of hydrogen-bond donors (Lipinski definition) is 0. The summed E-state index contributed by atoms with van der Waals surface area (Å²) < 4.78 is 0. The van der Waals surface area contributed by atoms with E-state index in [-0.39, 0.29) is 11.4 Å². The third-order valence-electron chi connectivity index (χ3n) is 3.59. The molecule has 1 heterocycles. The van der Waals surface area contributed by atoms with Crippen LogP contribution in [0.5, 0.6) is 0 Å². The van der Waals surface area contributed by atoms with Gasteiger partial charge < -0.3 is 0 Å². The predicted molar refractivity (Wildman–Crippen MR) is 92.3 cm³/mol. The van der Waals surface area contributed by atoms with Crippen LogP contribution < -0.4 is 0 Å². The molecule has 2 aromatic carbocycles. The summed E-state index contributed by atoms with van der Waals surface area (Å²) in [5.41, 5.74) is 3.82. The summed E-state index contributed by atoms with van der Waals surface area (Å²) in [6.45, 7) is 14.6. The minimum Gasteiger partial charge on any atom is -0.258 e. The summed E-state index contributed by atoms with van der Waals surface area (Å²) in [7, 11) is 0. The van der Waals surface area contributed by atoms with Crippen LogP contribution in [0.4, 0.5) is 11.4 Å². The second-order valence-corrected chi connectivity index (χ2v) is 5.02. The maximum atomic E-state index is 9.17. The first-order valence-corrected chi connectivity index (χ1v) is 7.11. The number of nitrogens with zero attached hydrogens (tertiary/aromatic N) is 4. The first-order chi connectivity index (χ1) is 11.8. The monoisotopic (exact) mass is 306 g/mol. The van der Waals surface area contributed by atoms with Crippen molar-refractivity contribution in [3.8, 4) is 28.5 Å². The van der Waals surface area contributed by atoms with E-state index in [0.717, 1.165) is 11.1 Å². The van der Waals surface area contributed by atoms with Gasteiger partial charge in [-0.3, -0.25) is 9.83 Å². The van der Waals surface area contributed by atoms with E-state index in [9.17, 15) is 5.26 Å². The molecule has 3 rings (SSSR count). The van der Waals surface area contributed by atoms with Gasteiger partial charge in [0.1, 0.15) is 0 Å². The van der Waals surface area contributed by atoms with Crippen LogP contribution in [0.25, 0.3) is 32.1 Å². The highest BCUT2D eigenvalue weighted by Gasteiger charge is 2.14. The van der Waals surface area contributed by atoms with E-state index in [2.05, 4.69) is 14.7 Å². The van der Waals surface area contributed by atoms with Crippen LogP contribution >= 0.6 is 0 Å². The summed E-state index contributed by atoms with van der Waals surface area (Å²) in [6, 6.07) is 18.7. The fourth-order valence-electron chi connectivity index (χ4n) is 2.47. The van der Waals surface area contributed by atoms with Crippen molar-refractivity contribution < 1.29 is 0 Å². The molecule has 0 amide bonds. The van der Waals surface area contributed by atoms with E-state index >= 15 is 0 Å². The molecule has 0 spiro atoms. The zero-order valence-corrected chi connectivity index (χ0v) is 12.6. The average molecular weight is 306 g/mol. The van der Waals surface area contributed by atoms with Crippen molar-refractivity contribution in [2.24, 2.45) is 0 Å². The smallest absolute Gasteiger partial charge is 0.203 e. The lowest BCUT2D eigenvalue weighted by molar-refractivity contribution is 1.33. The summed E-state index contributed by atoms with van der Waals surface area (Å²) in [6.07, 6.45) is 1.67. The standard InChI is InChI=1S/C20H10N4/c1-22-19-11-14(13-21)10-17(20(19)23-2)18-12-16(8-9-24-18)15-6-4-3-5-7-15/h3-12H. The van der Waals surface area contributed by atoms with Crippen LogP contribution in [-0.4, -0.2) is 4.98 Å². The zero-order chi connectivity index (χ0) is 16.9. The molecule has 0 fully saturated rings. The molecule has 0 aliphatic carbocycles. The van der Waals surface area contributed by atoms with Gasteiger partial charge in [-0.2, -0.15) is 5.26 Å². The van der Waals surface area contributed by atoms with Crippen molar-refractivity contribution in [3.63, 3.8) is 0 Å². The molecule has 0 saturated heterocycles. The lowest BCUT2D eigenvalue weighted by atomic mass is 10.0. The molecule has 0 aliphatic rings. The van der Waals surface area contributed by atoms with Gasteiger partial charge in [0.2, 0.25) is 5.69 Å². The predicted octanol–water partition coefficient (Wildman–Crippen LogP) is 5.39. The van der Waals surface area contributed by atoms with E-state index in [0.29, 0.717) is 16.8 Å². The number of rotatable bonds is 2. The van der Waals surface area contributed by atoms with Gasteiger partial charge in [-0.15, -0.1) is 0 Å². The van der Waals surface area contributed by atoms with Crippen molar-refractivity contribution in [1.29, 1.82) is 5.26 Å². The Morgan fingerprint density at radius 1 is 0.917 bits per heavy atom. The lowest BCUT2D eigenvalue weighted by Crippen LogP contribution is -1.87. The molecule has 4 nitrogen and oxygen atoms in total. The summed E-state index contributed by atoms with van der Waals surface area (Å²) in [5, 5.41) is 9.17. The highest BCUT2D eigenvalue weighted by atomic mass is 14.8. The van der Waals surface area contributed by atoms with Gasteiger partial charge in [-0.25, -0.2) is 4.85 Å². The van der Waals surface area contributed by atoms with Gasteiger partial charge in [0.15, 0.2) is 5.69 Å². The first kappa shape index (κ1) is 15.0. The molecule has 0 unspecified atom stereocenters. The maximum Gasteiger partial charge on any atom is 0.203 e. The Kier molecular flexibility index (Phi) is 4.02. The van der Waals surface area contributed by atoms with E-state index in [1.165, 1.54) is 6.07 Å². The summed E-state index contributed by atoms with van der Waals surface area (Å²) in [5.74, 6) is 0. The van der Waals surface area contributed by atoms with Crippen LogP contribution in [-0.2, 0) is 0 Å². The van der Waals surface area contributed by atoms with Gasteiger partial charge in [0.05, 0.1) is 24.9 Å². The normalized spacial score (nSPS) is 9.54. The van der Waals surface area contributed by atoms with Crippen LogP contribution in [0.2, 0.25) is 0 Å². The molecule has 0 atom stereocenters. The van der Waals surface area contributed by atoms with Gasteiger partial charge in [-0.1, -0.05) is 36.4 Å². The van der Waals surface area contributed by atoms with E-state index in [1.54, 1.807) is 12.3 Å². The fraction of sp³-hybridized carbons (Fsp3) is 0. The Balaban J connectivity index is 2.23. The molecular weight excluding hydrogens is 296 g/mol. The molecule has 0 aliphatic heterocycles. The van der Waals surface area contributed by atoms with Crippen molar-refractivity contribution in [1.82, 2.24) is 4.98 Å². The third-order valence-corrected chi connectivity index (χ3v) is 3.59. The van der Waals surface area contributed by atoms with Crippen molar-refractivity contribution in [2.45, 2.75) is 0 Å². The van der Waals surface area contributed by atoms with Gasteiger partial charge in [0.25, 0.3) is 0 Å². The maximum absolute atomic E-state index is 9.17. The van der Waals surface area contributed by atoms with Crippen molar-refractivity contribution in [3.05, 3.63) is 89.2 Å². The molecule has 24 heavy (non-hydrogen) atoms. The molecule has 0 radical (unpaired) electrons. The average Bonchev–Trinajstić information content (AvgIpc) is 2.67. The number of aromatic nitrogens is 1. The molecule has 0 bridgehead atoms. The Morgan fingerprint density at radius 3 is 2.38 bits per heavy atom. The largest absolute Gasteiger partial charge is 0.258 e. The highest BCUT2D eigenvalue weighted by Crippen LogP contribution is 2.39. The highest BCUT2D eigenvalue weighted by molar-refractivity contribution is 5.89. The van der Waals surface area contributed by atoms with Crippen LogP contribution in [0.15, 0.2) is 60.8 Å². The first-order valence-electron chi connectivity index (χ1n) is 7.11. The molecule has 0 N–H and O–H groups in total. The number of pyridine rings is 1. The summed E-state index contributed by atoms with van der Waals surface area (Å²) in [4.78, 5) is 11.2. The lowest BCUT2D eigenvalue weighted by Gasteiger charge is -2.09.